The van der Waals surface area contributed by atoms with Crippen molar-refractivity contribution in [3.8, 4) is 0 Å². The Kier molecular flexibility index (Phi) is 36.2. The van der Waals surface area contributed by atoms with Crippen molar-refractivity contribution in [1.29, 1.82) is 0 Å². The molecule has 0 atom stereocenters. The van der Waals surface area contributed by atoms with E-state index < -0.39 is 4.65 Å². The van der Waals surface area contributed by atoms with Crippen molar-refractivity contribution in [2.45, 2.75) is 233 Å². The maximum Gasteiger partial charge on any atom is 0.353 e. The molecule has 0 unspecified atom stereocenters. The molecule has 0 spiro atoms. The van der Waals surface area contributed by atoms with Gasteiger partial charge < -0.3 is 12.4 Å². The Balaban J connectivity index is 0. The summed E-state index contributed by atoms with van der Waals surface area (Å²) in [6.07, 6.45) is 39.2. The minimum Gasteiger partial charge on any atom is -1.00 e. The number of hydrogen-bond donors (Lipinski definition) is 1. The number of rotatable bonds is 34. The lowest BCUT2D eigenvalue weighted by molar-refractivity contribution is -0.977. The van der Waals surface area contributed by atoms with E-state index in [1.165, 1.54) is 154 Å². The summed E-state index contributed by atoms with van der Waals surface area (Å²) in [6, 6.07) is 0. The number of nitrogens with zero attached hydrogens (tertiary/aromatic N) is 1. The Hall–Kier alpha value is -0.450. The Bertz CT molecular complexity index is 593. The lowest BCUT2D eigenvalue weighted by atomic mass is 10.0. The highest BCUT2D eigenvalue weighted by molar-refractivity contribution is 5.83. The zero-order chi connectivity index (χ0) is 32.6. The lowest BCUT2D eigenvalue weighted by Crippen LogP contribution is -3.00. The molecule has 0 heterocycles. The number of carbonyl (C=O) groups excluding carboxylic acids is 2. The van der Waals surface area contributed by atoms with Gasteiger partial charge in [-0.25, -0.2) is 14.8 Å². The van der Waals surface area contributed by atoms with Crippen LogP contribution < -0.4 is 12.4 Å². The molecule has 4 nitrogen and oxygen atoms in total. The standard InChI is InChI=1S/C40H80NO3.ClH/c1-5-7-9-11-13-15-17-19-21-23-25-27-29-31-33-35-39(42)41(44,37-38(3)4)40(43)36-34-32-30-28-26-24-22-20-18-16-14-12-10-8-6-2;/h38,44H,5-37H2,1-4H3;1H/q+1;/p-1. The number of halogens is 1. The number of imide groups is 1. The third kappa shape index (κ3) is 29.4. The van der Waals surface area contributed by atoms with Crippen LogP contribution in [-0.4, -0.2) is 28.2 Å². The second-order valence-electron chi connectivity index (χ2n) is 14.5. The van der Waals surface area contributed by atoms with Crippen molar-refractivity contribution in [3.05, 3.63) is 0 Å². The second-order valence-corrected chi connectivity index (χ2v) is 14.5. The first-order valence-electron chi connectivity index (χ1n) is 20.1. The molecule has 0 radical (unpaired) electrons. The predicted octanol–water partition coefficient (Wildman–Crippen LogP) is 10.4. The molecule has 2 amide bonds. The Morgan fingerprint density at radius 2 is 0.622 bits per heavy atom. The minimum absolute atomic E-state index is 0. The summed E-state index contributed by atoms with van der Waals surface area (Å²) in [4.78, 5) is 26.1. The van der Waals surface area contributed by atoms with Gasteiger partial charge in [-0.2, -0.15) is 0 Å². The molecular formula is C40H80ClNO3. The summed E-state index contributed by atoms with van der Waals surface area (Å²) in [7, 11) is 0. The number of quaternary nitrogens is 1. The van der Waals surface area contributed by atoms with E-state index in [4.69, 9.17) is 0 Å². The van der Waals surface area contributed by atoms with Gasteiger partial charge in [-0.05, 0) is 12.8 Å². The Morgan fingerprint density at radius 3 is 0.822 bits per heavy atom. The molecule has 0 aliphatic rings. The van der Waals surface area contributed by atoms with Crippen LogP contribution >= 0.6 is 0 Å². The largest absolute Gasteiger partial charge is 1.00 e. The predicted molar refractivity (Wildman–Crippen MR) is 191 cm³/mol. The van der Waals surface area contributed by atoms with E-state index in [9.17, 15) is 14.8 Å². The van der Waals surface area contributed by atoms with Crippen molar-refractivity contribution in [2.24, 2.45) is 5.92 Å². The van der Waals surface area contributed by atoms with E-state index >= 15 is 0 Å². The number of amides is 2. The molecule has 0 rings (SSSR count). The maximum atomic E-state index is 13.0. The van der Waals surface area contributed by atoms with E-state index in [-0.39, 0.29) is 36.7 Å². The van der Waals surface area contributed by atoms with Gasteiger partial charge in [0.2, 0.25) is 0 Å². The van der Waals surface area contributed by atoms with Crippen LogP contribution in [0.25, 0.3) is 0 Å². The van der Waals surface area contributed by atoms with E-state index in [1.54, 1.807) is 0 Å². The van der Waals surface area contributed by atoms with E-state index in [2.05, 4.69) is 13.8 Å². The highest BCUT2D eigenvalue weighted by Crippen LogP contribution is 2.20. The zero-order valence-electron chi connectivity index (χ0n) is 31.0. The van der Waals surface area contributed by atoms with Gasteiger partial charge in [0.15, 0.2) is 0 Å². The molecule has 0 saturated carbocycles. The highest BCUT2D eigenvalue weighted by Gasteiger charge is 2.43. The molecule has 0 aliphatic heterocycles. The van der Waals surface area contributed by atoms with Gasteiger partial charge >= 0.3 is 11.8 Å². The average Bonchev–Trinajstić information content (AvgIpc) is 3.00. The summed E-state index contributed by atoms with van der Waals surface area (Å²) in [5.74, 6) is -0.492. The fraction of sp³-hybridized carbons (Fsp3) is 0.950. The van der Waals surface area contributed by atoms with Crippen LogP contribution in [0.3, 0.4) is 0 Å². The molecule has 270 valence electrons. The van der Waals surface area contributed by atoms with Crippen LogP contribution in [0.5, 0.6) is 0 Å². The summed E-state index contributed by atoms with van der Waals surface area (Å²) < 4.78 is -0.977. The van der Waals surface area contributed by atoms with Crippen LogP contribution in [0, 0.1) is 5.92 Å². The first kappa shape index (κ1) is 46.7. The summed E-state index contributed by atoms with van der Waals surface area (Å²) in [5.41, 5.74) is 0. The average molecular weight is 659 g/mol. The number of carbonyl (C=O) groups is 2. The van der Waals surface area contributed by atoms with Crippen molar-refractivity contribution < 1.29 is 31.8 Å². The molecule has 0 fully saturated rings. The van der Waals surface area contributed by atoms with Gasteiger partial charge in [0.05, 0.1) is 12.8 Å². The Morgan fingerprint density at radius 1 is 0.422 bits per heavy atom. The smallest absolute Gasteiger partial charge is 0.353 e. The molecule has 0 bridgehead atoms. The van der Waals surface area contributed by atoms with E-state index in [0.29, 0.717) is 12.8 Å². The maximum absolute atomic E-state index is 13.0. The Labute approximate surface area is 288 Å². The van der Waals surface area contributed by atoms with Gasteiger partial charge in [-0.3, -0.25) is 0 Å². The van der Waals surface area contributed by atoms with E-state index in [1.807, 2.05) is 13.8 Å². The van der Waals surface area contributed by atoms with E-state index in [0.717, 1.165) is 38.5 Å². The number of hydrogen-bond acceptors (Lipinski definition) is 3. The minimum atomic E-state index is -0.977. The monoisotopic (exact) mass is 658 g/mol. The normalized spacial score (nSPS) is 11.7. The third-order valence-electron chi connectivity index (χ3n) is 9.44. The van der Waals surface area contributed by atoms with Crippen molar-refractivity contribution in [2.75, 3.05) is 6.54 Å². The second kappa shape index (κ2) is 34.9. The SMILES string of the molecule is CCCCCCCCCCCCCCCCCC(=O)[N+](O)(CC(C)C)C(=O)CCCCCCCCCCCCCCCCC.[Cl-]. The summed E-state index contributed by atoms with van der Waals surface area (Å²) in [5, 5.41) is 11.2. The van der Waals surface area contributed by atoms with Crippen molar-refractivity contribution in [1.82, 2.24) is 0 Å². The fourth-order valence-corrected chi connectivity index (χ4v) is 6.54. The molecular weight excluding hydrogens is 578 g/mol. The van der Waals surface area contributed by atoms with Gasteiger partial charge in [0.1, 0.15) is 6.54 Å². The topological polar surface area (TPSA) is 54.4 Å². The molecule has 45 heavy (non-hydrogen) atoms. The summed E-state index contributed by atoms with van der Waals surface area (Å²) >= 11 is 0. The first-order chi connectivity index (χ1) is 21.4. The highest BCUT2D eigenvalue weighted by atomic mass is 35.5. The van der Waals surface area contributed by atoms with Gasteiger partial charge in [-0.1, -0.05) is 212 Å². The molecule has 0 aromatic carbocycles. The number of unbranched alkanes of at least 4 members (excludes halogenated alkanes) is 28. The number of hydroxylamine groups is 3. The van der Waals surface area contributed by atoms with Crippen LogP contribution in [0.1, 0.15) is 233 Å². The van der Waals surface area contributed by atoms with Gasteiger partial charge in [0.25, 0.3) is 0 Å². The van der Waals surface area contributed by atoms with Crippen LogP contribution in [0.4, 0.5) is 0 Å². The van der Waals surface area contributed by atoms with Crippen LogP contribution in [-0.2, 0) is 9.59 Å². The van der Waals surface area contributed by atoms with Crippen LogP contribution in [0.15, 0.2) is 0 Å². The molecule has 0 aromatic heterocycles. The third-order valence-corrected chi connectivity index (χ3v) is 9.44. The van der Waals surface area contributed by atoms with Gasteiger partial charge in [-0.15, -0.1) is 0 Å². The van der Waals surface area contributed by atoms with Crippen molar-refractivity contribution >= 4 is 11.8 Å². The lowest BCUT2D eigenvalue weighted by Gasteiger charge is -2.26. The fourth-order valence-electron chi connectivity index (χ4n) is 6.54. The molecule has 0 aromatic rings. The molecule has 5 heteroatoms. The summed E-state index contributed by atoms with van der Waals surface area (Å²) in [6.45, 7) is 8.71. The quantitative estimate of drug-likeness (QED) is 0.0324. The molecule has 1 N–H and O–H groups in total. The first-order valence-corrected chi connectivity index (χ1v) is 20.1. The molecule has 0 aliphatic carbocycles. The van der Waals surface area contributed by atoms with Crippen molar-refractivity contribution in [3.63, 3.8) is 0 Å². The van der Waals surface area contributed by atoms with Gasteiger partial charge in [0, 0.05) is 5.92 Å². The zero-order valence-corrected chi connectivity index (χ0v) is 31.8. The van der Waals surface area contributed by atoms with Crippen LogP contribution in [0.2, 0.25) is 0 Å². The molecule has 0 saturated heterocycles.